The van der Waals surface area contributed by atoms with Crippen molar-refractivity contribution in [2.75, 3.05) is 19.8 Å². The molecule has 1 aromatic carbocycles. The monoisotopic (exact) mass is 407 g/mol. The summed E-state index contributed by atoms with van der Waals surface area (Å²) < 4.78 is 25.0. The lowest BCUT2D eigenvalue weighted by Crippen LogP contribution is -2.43. The molecule has 0 aliphatic heterocycles. The number of ether oxygens (including phenoxy) is 3. The van der Waals surface area contributed by atoms with Gasteiger partial charge in [-0.2, -0.15) is 0 Å². The topological polar surface area (TPSA) is 117 Å². The van der Waals surface area contributed by atoms with E-state index in [0.717, 1.165) is 12.0 Å². The molecule has 0 radical (unpaired) electrons. The van der Waals surface area contributed by atoms with E-state index in [0.29, 0.717) is 6.61 Å². The minimum Gasteiger partial charge on any atom is -0.456 e. The number of esters is 1. The first-order valence-corrected chi connectivity index (χ1v) is 9.30. The zero-order valence-corrected chi connectivity index (χ0v) is 16.5. The normalized spacial score (nSPS) is 11.7. The minimum atomic E-state index is -0.986. The number of rotatable bonds is 11. The summed E-state index contributed by atoms with van der Waals surface area (Å²) in [5, 5.41) is 2.51. The Hall–Kier alpha value is -3.07. The molecule has 0 saturated heterocycles. The smallest absolute Gasteiger partial charge is 0.456 e. The van der Waals surface area contributed by atoms with Gasteiger partial charge in [-0.3, -0.25) is 0 Å². The van der Waals surface area contributed by atoms with Gasteiger partial charge in [-0.15, -0.1) is 0 Å². The van der Waals surface area contributed by atoms with E-state index in [1.54, 1.807) is 0 Å². The maximum Gasteiger partial charge on any atom is 0.519 e. The molecule has 9 heteroatoms. The van der Waals surface area contributed by atoms with Crippen LogP contribution < -0.4 is 11.1 Å². The summed E-state index contributed by atoms with van der Waals surface area (Å²) in [5.74, 6) is -1.24. The van der Waals surface area contributed by atoms with Crippen molar-refractivity contribution in [2.24, 2.45) is 0 Å². The largest absolute Gasteiger partial charge is 0.519 e. The van der Waals surface area contributed by atoms with E-state index in [1.165, 1.54) is 6.92 Å². The number of nitrogens with one attached hydrogen (secondary N) is 1. The van der Waals surface area contributed by atoms with Gasteiger partial charge in [-0.05, 0) is 18.9 Å². The Labute approximate surface area is 167 Å². The third kappa shape index (κ3) is 7.82. The highest BCUT2D eigenvalue weighted by Gasteiger charge is 2.24. The third-order valence-corrected chi connectivity index (χ3v) is 3.85. The Morgan fingerprint density at radius 3 is 2.48 bits per heavy atom. The van der Waals surface area contributed by atoms with Crippen molar-refractivity contribution in [3.8, 4) is 0 Å². The molecule has 29 heavy (non-hydrogen) atoms. The molecule has 0 saturated carbocycles. The highest BCUT2D eigenvalue weighted by Crippen LogP contribution is 2.09. The number of carbonyl (C=O) groups excluding carboxylic acids is 2. The van der Waals surface area contributed by atoms with Crippen molar-refractivity contribution in [1.82, 2.24) is 5.32 Å². The van der Waals surface area contributed by atoms with Crippen LogP contribution in [0.5, 0.6) is 0 Å². The van der Waals surface area contributed by atoms with Crippen molar-refractivity contribution >= 4 is 12.1 Å². The first-order valence-electron chi connectivity index (χ1n) is 9.30. The molecule has 0 spiro atoms. The fourth-order valence-electron chi connectivity index (χ4n) is 2.41. The zero-order chi connectivity index (χ0) is 21.1. The fourth-order valence-corrected chi connectivity index (χ4v) is 2.41. The van der Waals surface area contributed by atoms with E-state index in [9.17, 15) is 14.4 Å². The van der Waals surface area contributed by atoms with Crippen LogP contribution in [0.25, 0.3) is 0 Å². The lowest BCUT2D eigenvalue weighted by molar-refractivity contribution is -0.148. The number of benzene rings is 1. The summed E-state index contributed by atoms with van der Waals surface area (Å²) in [4.78, 5) is 35.6. The molecule has 0 bridgehead atoms. The SMILES string of the molecule is CCCOCCOC(=O)NC(Cc1ccccc1)C(=O)OCc1oc(=O)oc1C. The van der Waals surface area contributed by atoms with E-state index in [4.69, 9.17) is 23.0 Å². The number of hydrogen-bond acceptors (Lipinski definition) is 8. The maximum atomic E-state index is 12.5. The molecule has 1 amide bonds. The molecule has 0 fully saturated rings. The van der Waals surface area contributed by atoms with Gasteiger partial charge < -0.3 is 28.4 Å². The van der Waals surface area contributed by atoms with Crippen LogP contribution in [-0.4, -0.2) is 37.9 Å². The summed E-state index contributed by atoms with van der Waals surface area (Å²) in [5.41, 5.74) is 0.826. The molecule has 0 aliphatic carbocycles. The maximum absolute atomic E-state index is 12.5. The lowest BCUT2D eigenvalue weighted by atomic mass is 10.1. The van der Waals surface area contributed by atoms with Crippen molar-refractivity contribution in [2.45, 2.75) is 39.3 Å². The highest BCUT2D eigenvalue weighted by atomic mass is 16.6. The van der Waals surface area contributed by atoms with E-state index < -0.39 is 23.9 Å². The van der Waals surface area contributed by atoms with Crippen molar-refractivity contribution < 1.29 is 32.6 Å². The van der Waals surface area contributed by atoms with Gasteiger partial charge in [0.1, 0.15) is 12.6 Å². The van der Waals surface area contributed by atoms with Crippen LogP contribution in [0.3, 0.4) is 0 Å². The first-order chi connectivity index (χ1) is 14.0. The minimum absolute atomic E-state index is 0.0678. The summed E-state index contributed by atoms with van der Waals surface area (Å²) in [6.07, 6.45) is 0.317. The van der Waals surface area contributed by atoms with Crippen LogP contribution in [0.15, 0.2) is 44.0 Å². The summed E-state index contributed by atoms with van der Waals surface area (Å²) in [6.45, 7) is 4.13. The second-order valence-corrected chi connectivity index (χ2v) is 6.18. The molecule has 2 rings (SSSR count). The summed E-state index contributed by atoms with van der Waals surface area (Å²) in [7, 11) is 0. The molecule has 9 nitrogen and oxygen atoms in total. The molecule has 0 aliphatic rings. The van der Waals surface area contributed by atoms with Gasteiger partial charge in [0.05, 0.1) is 6.61 Å². The van der Waals surface area contributed by atoms with Crippen LogP contribution in [0.2, 0.25) is 0 Å². The van der Waals surface area contributed by atoms with E-state index in [1.807, 2.05) is 37.3 Å². The second-order valence-electron chi connectivity index (χ2n) is 6.18. The van der Waals surface area contributed by atoms with Gasteiger partial charge in [-0.1, -0.05) is 37.3 Å². The highest BCUT2D eigenvalue weighted by molar-refractivity contribution is 5.81. The Kier molecular flexibility index (Phi) is 8.97. The van der Waals surface area contributed by atoms with Crippen molar-refractivity contribution in [3.63, 3.8) is 0 Å². The molecular formula is C20H25NO8. The number of amides is 1. The number of hydrogen-bond donors (Lipinski definition) is 1. The molecule has 1 heterocycles. The van der Waals surface area contributed by atoms with Crippen LogP contribution in [-0.2, 0) is 32.0 Å². The standard InChI is InChI=1S/C20H25NO8/c1-3-9-25-10-11-26-19(23)21-16(12-15-7-5-4-6-8-15)18(22)27-13-17-14(2)28-20(24)29-17/h4-8,16H,3,9-13H2,1-2H3,(H,21,23). The summed E-state index contributed by atoms with van der Waals surface area (Å²) in [6, 6.07) is 8.16. The Balaban J connectivity index is 1.94. The van der Waals surface area contributed by atoms with E-state index >= 15 is 0 Å². The molecular weight excluding hydrogens is 382 g/mol. The van der Waals surface area contributed by atoms with Crippen LogP contribution in [0.4, 0.5) is 4.79 Å². The van der Waals surface area contributed by atoms with Crippen molar-refractivity contribution in [1.29, 1.82) is 0 Å². The second kappa shape index (κ2) is 11.7. The van der Waals surface area contributed by atoms with E-state index in [2.05, 4.69) is 5.32 Å². The molecule has 1 unspecified atom stereocenters. The fraction of sp³-hybridized carbons (Fsp3) is 0.450. The first kappa shape index (κ1) is 22.2. The van der Waals surface area contributed by atoms with Gasteiger partial charge in [0.15, 0.2) is 18.1 Å². The van der Waals surface area contributed by atoms with Crippen LogP contribution in [0, 0.1) is 6.92 Å². The quantitative estimate of drug-likeness (QED) is 0.446. The average molecular weight is 407 g/mol. The lowest BCUT2D eigenvalue weighted by Gasteiger charge is -2.17. The summed E-state index contributed by atoms with van der Waals surface area (Å²) >= 11 is 0. The van der Waals surface area contributed by atoms with Gasteiger partial charge in [-0.25, -0.2) is 14.4 Å². The molecule has 1 N–H and O–H groups in total. The van der Waals surface area contributed by atoms with Crippen molar-refractivity contribution in [3.05, 3.63) is 58.0 Å². The van der Waals surface area contributed by atoms with Gasteiger partial charge >= 0.3 is 17.9 Å². The van der Waals surface area contributed by atoms with Gasteiger partial charge in [0.2, 0.25) is 0 Å². The zero-order valence-electron chi connectivity index (χ0n) is 16.5. The molecule has 1 atom stereocenters. The Bertz CT molecular complexity index is 827. The predicted octanol–water partition coefficient (Wildman–Crippen LogP) is 2.35. The number of aryl methyl sites for hydroxylation is 1. The number of alkyl carbamates (subject to hydrolysis) is 1. The van der Waals surface area contributed by atoms with Gasteiger partial charge in [0, 0.05) is 13.0 Å². The molecule has 1 aromatic heterocycles. The predicted molar refractivity (Wildman–Crippen MR) is 101 cm³/mol. The molecule has 2 aromatic rings. The third-order valence-electron chi connectivity index (χ3n) is 3.85. The van der Waals surface area contributed by atoms with Crippen LogP contribution >= 0.6 is 0 Å². The molecule has 158 valence electrons. The Morgan fingerprint density at radius 1 is 1.07 bits per heavy atom. The van der Waals surface area contributed by atoms with Gasteiger partial charge in [0.25, 0.3) is 0 Å². The van der Waals surface area contributed by atoms with Crippen LogP contribution in [0.1, 0.15) is 30.4 Å². The Morgan fingerprint density at radius 2 is 1.83 bits per heavy atom. The number of carbonyl (C=O) groups is 2. The van der Waals surface area contributed by atoms with E-state index in [-0.39, 0.29) is 37.8 Å². The average Bonchev–Trinajstić information content (AvgIpc) is 3.03.